The molecule has 0 aromatic heterocycles. The van der Waals surface area contributed by atoms with Crippen LogP contribution in [0.15, 0.2) is 29.4 Å². The molecule has 1 aromatic rings. The summed E-state index contributed by atoms with van der Waals surface area (Å²) in [6.07, 6.45) is 0. The van der Waals surface area contributed by atoms with Crippen LogP contribution in [0.25, 0.3) is 0 Å². The van der Waals surface area contributed by atoms with Crippen LogP contribution in [0.2, 0.25) is 5.02 Å². The zero-order chi connectivity index (χ0) is 12.3. The van der Waals surface area contributed by atoms with Gasteiger partial charge >= 0.3 is 0 Å². The Bertz CT molecular complexity index is 463. The third kappa shape index (κ3) is 3.07. The van der Waals surface area contributed by atoms with Crippen LogP contribution in [0, 0.1) is 10.1 Å². The second-order valence-electron chi connectivity index (χ2n) is 3.64. The van der Waals surface area contributed by atoms with Gasteiger partial charge in [-0.05, 0) is 17.7 Å². The van der Waals surface area contributed by atoms with E-state index in [2.05, 4.69) is 10.4 Å². The first-order valence-corrected chi connectivity index (χ1v) is 5.49. The minimum absolute atomic E-state index is 0.301. The Morgan fingerprint density at radius 1 is 1.59 bits per heavy atom. The Hall–Kier alpha value is -1.82. The Morgan fingerprint density at radius 3 is 3.12 bits per heavy atom. The minimum Gasteiger partial charge on any atom is -0.349 e. The van der Waals surface area contributed by atoms with Gasteiger partial charge in [0.15, 0.2) is 5.03 Å². The van der Waals surface area contributed by atoms with Crippen LogP contribution in [0.1, 0.15) is 5.56 Å². The molecule has 1 aliphatic rings. The molecule has 0 saturated carbocycles. The highest BCUT2D eigenvalue weighted by molar-refractivity contribution is 6.30. The smallest absolute Gasteiger partial charge is 0.271 e. The molecule has 90 valence electrons. The first kappa shape index (κ1) is 11.7. The molecule has 0 spiro atoms. The molecule has 7 heteroatoms. The normalized spacial score (nSPS) is 17.2. The summed E-state index contributed by atoms with van der Waals surface area (Å²) in [7, 11) is 0. The highest BCUT2D eigenvalue weighted by Gasteiger charge is 2.21. The van der Waals surface area contributed by atoms with Crippen LogP contribution in [-0.4, -0.2) is 29.0 Å². The molecule has 1 aromatic carbocycles. The van der Waals surface area contributed by atoms with Crippen molar-refractivity contribution < 1.29 is 5.03 Å². The van der Waals surface area contributed by atoms with E-state index in [0.717, 1.165) is 5.56 Å². The van der Waals surface area contributed by atoms with E-state index in [0.29, 0.717) is 30.6 Å². The lowest BCUT2D eigenvalue weighted by atomic mass is 10.2. The Morgan fingerprint density at radius 2 is 2.41 bits per heavy atom. The molecule has 1 N–H and O–H groups in total. The molecule has 0 amide bonds. The maximum atomic E-state index is 10.3. The number of hydrogen-bond acceptors (Lipinski definition) is 2. The maximum Gasteiger partial charge on any atom is 0.271 e. The first-order chi connectivity index (χ1) is 8.15. The van der Waals surface area contributed by atoms with Crippen molar-refractivity contribution >= 4 is 17.6 Å². The predicted molar refractivity (Wildman–Crippen MR) is 64.3 cm³/mol. The van der Waals surface area contributed by atoms with Crippen molar-refractivity contribution in [2.45, 2.75) is 6.54 Å². The van der Waals surface area contributed by atoms with Gasteiger partial charge in [0.1, 0.15) is 5.10 Å². The van der Waals surface area contributed by atoms with Gasteiger partial charge in [0.05, 0.1) is 0 Å². The summed E-state index contributed by atoms with van der Waals surface area (Å²) < 4.78 is 0. The van der Waals surface area contributed by atoms with E-state index in [9.17, 15) is 10.1 Å². The highest BCUT2D eigenvalue weighted by Crippen LogP contribution is 2.13. The number of hydrazone groups is 1. The predicted octanol–water partition coefficient (Wildman–Crippen LogP) is 1.29. The van der Waals surface area contributed by atoms with Gasteiger partial charge in [0, 0.05) is 24.7 Å². The van der Waals surface area contributed by atoms with Crippen molar-refractivity contribution in [2.75, 3.05) is 13.1 Å². The van der Waals surface area contributed by atoms with E-state index in [-0.39, 0.29) is 0 Å². The van der Waals surface area contributed by atoms with Gasteiger partial charge in [-0.3, -0.25) is 0 Å². The molecule has 0 atom stereocenters. The zero-order valence-corrected chi connectivity index (χ0v) is 9.72. The second-order valence-corrected chi connectivity index (χ2v) is 4.08. The molecule has 1 heterocycles. The van der Waals surface area contributed by atoms with Gasteiger partial charge in [-0.2, -0.15) is 0 Å². The number of hydrogen-bond donors (Lipinski definition) is 1. The molecule has 0 aliphatic carbocycles. The number of rotatable bonds is 3. The number of guanidine groups is 1. The highest BCUT2D eigenvalue weighted by atomic mass is 35.5. The van der Waals surface area contributed by atoms with Gasteiger partial charge in [-0.15, -0.1) is 0 Å². The second kappa shape index (κ2) is 5.01. The topological polar surface area (TPSA) is 70.8 Å². The lowest BCUT2D eigenvalue weighted by Crippen LogP contribution is -2.30. The van der Waals surface area contributed by atoms with Crippen molar-refractivity contribution in [1.29, 1.82) is 0 Å². The monoisotopic (exact) mass is 254 g/mol. The lowest BCUT2D eigenvalue weighted by Gasteiger charge is -2.15. The van der Waals surface area contributed by atoms with Crippen molar-refractivity contribution in [3.8, 4) is 0 Å². The maximum absolute atomic E-state index is 10.3. The van der Waals surface area contributed by atoms with E-state index >= 15 is 0 Å². The number of nitrogens with zero attached hydrogens (tertiary/aromatic N) is 3. The molecular formula is C10H11ClN4O2. The van der Waals surface area contributed by atoms with E-state index < -0.39 is 5.03 Å². The summed E-state index contributed by atoms with van der Waals surface area (Å²) in [5, 5.41) is 16.5. The average Bonchev–Trinajstić information content (AvgIpc) is 2.65. The molecule has 17 heavy (non-hydrogen) atoms. The fraction of sp³-hybridized carbons (Fsp3) is 0.300. The van der Waals surface area contributed by atoms with Crippen molar-refractivity contribution in [3.63, 3.8) is 0 Å². The molecule has 1 fully saturated rings. The standard InChI is InChI=1S/C10H11ClN4O2/c11-9-3-1-2-8(6-9)7-14-5-4-12-10(14)13-15(16)17/h1-3,6H,4-5,7H2,(H,12,13). The van der Waals surface area contributed by atoms with Gasteiger partial charge < -0.3 is 10.2 Å². The zero-order valence-electron chi connectivity index (χ0n) is 8.97. The van der Waals surface area contributed by atoms with Crippen LogP contribution in [0.3, 0.4) is 0 Å². The van der Waals surface area contributed by atoms with E-state index in [1.54, 1.807) is 6.07 Å². The summed E-state index contributed by atoms with van der Waals surface area (Å²) in [5.74, 6) is 0.301. The van der Waals surface area contributed by atoms with Crippen LogP contribution >= 0.6 is 11.6 Å². The summed E-state index contributed by atoms with van der Waals surface area (Å²) in [4.78, 5) is 12.2. The van der Waals surface area contributed by atoms with Gasteiger partial charge in [0.25, 0.3) is 5.96 Å². The Labute approximate surface area is 103 Å². The molecule has 1 aliphatic heterocycles. The van der Waals surface area contributed by atoms with Crippen LogP contribution < -0.4 is 5.32 Å². The van der Waals surface area contributed by atoms with Crippen LogP contribution in [0.5, 0.6) is 0 Å². The number of halogens is 1. The molecule has 0 radical (unpaired) electrons. The van der Waals surface area contributed by atoms with Crippen molar-refractivity contribution in [1.82, 2.24) is 10.2 Å². The quantitative estimate of drug-likeness (QED) is 0.652. The molecule has 2 rings (SSSR count). The van der Waals surface area contributed by atoms with E-state index in [1.807, 2.05) is 23.1 Å². The molecule has 1 saturated heterocycles. The summed E-state index contributed by atoms with van der Waals surface area (Å²) in [6, 6.07) is 7.41. The fourth-order valence-electron chi connectivity index (χ4n) is 1.71. The molecule has 0 unspecified atom stereocenters. The third-order valence-electron chi connectivity index (χ3n) is 2.40. The van der Waals surface area contributed by atoms with Crippen LogP contribution in [-0.2, 0) is 6.54 Å². The Kier molecular flexibility index (Phi) is 3.43. The number of nitrogens with one attached hydrogen (secondary N) is 1. The first-order valence-electron chi connectivity index (χ1n) is 5.11. The molecule has 6 nitrogen and oxygen atoms in total. The minimum atomic E-state index is -0.696. The molecule has 0 bridgehead atoms. The van der Waals surface area contributed by atoms with Crippen molar-refractivity contribution in [2.24, 2.45) is 5.10 Å². The summed E-state index contributed by atoms with van der Waals surface area (Å²) >= 11 is 5.88. The third-order valence-corrected chi connectivity index (χ3v) is 2.64. The average molecular weight is 255 g/mol. The number of benzene rings is 1. The van der Waals surface area contributed by atoms with Gasteiger partial charge in [0.2, 0.25) is 0 Å². The van der Waals surface area contributed by atoms with Crippen LogP contribution in [0.4, 0.5) is 0 Å². The molecular weight excluding hydrogens is 244 g/mol. The lowest BCUT2D eigenvalue weighted by molar-refractivity contribution is -0.485. The van der Waals surface area contributed by atoms with E-state index in [4.69, 9.17) is 11.6 Å². The summed E-state index contributed by atoms with van der Waals surface area (Å²) in [5.41, 5.74) is 0.997. The van der Waals surface area contributed by atoms with Gasteiger partial charge in [-0.25, -0.2) is 10.1 Å². The summed E-state index contributed by atoms with van der Waals surface area (Å²) in [6.45, 7) is 1.91. The SMILES string of the molecule is O=[N+]([O-])/N=C1\NCCN1Cc1cccc(Cl)c1. The van der Waals surface area contributed by atoms with Gasteiger partial charge in [-0.1, -0.05) is 23.7 Å². The number of nitro groups is 1. The largest absolute Gasteiger partial charge is 0.349 e. The Balaban J connectivity index is 2.10. The van der Waals surface area contributed by atoms with Crippen molar-refractivity contribution in [3.05, 3.63) is 45.0 Å². The fourth-order valence-corrected chi connectivity index (χ4v) is 1.92. The van der Waals surface area contributed by atoms with E-state index in [1.165, 1.54) is 0 Å².